The maximum absolute atomic E-state index is 13.2. The Hall–Kier alpha value is -2.98. The highest BCUT2D eigenvalue weighted by Gasteiger charge is 2.45. The third-order valence-corrected chi connectivity index (χ3v) is 6.86. The Labute approximate surface area is 203 Å². The van der Waals surface area contributed by atoms with Gasteiger partial charge in [-0.1, -0.05) is 45.0 Å². The molecule has 1 saturated heterocycles. The van der Waals surface area contributed by atoms with Crippen LogP contribution in [-0.2, 0) is 14.3 Å². The van der Waals surface area contributed by atoms with Crippen molar-refractivity contribution in [2.75, 3.05) is 6.54 Å². The SMILES string of the molecule is Cc1ncsc1-c1ccc([C@H](C)NC(=O)[C@@H]2C[C@H](O)CN2C(=O)C(OC(N)=O)C(C)(C)C)cc1. The molecule has 4 atom stereocenters. The number of primary amides is 1. The van der Waals surface area contributed by atoms with Gasteiger partial charge in [-0.15, -0.1) is 11.3 Å². The Kier molecular flexibility index (Phi) is 7.62. The number of likely N-dealkylation sites (tertiary alicyclic amines) is 1. The summed E-state index contributed by atoms with van der Waals surface area (Å²) in [5.41, 5.74) is 9.16. The summed E-state index contributed by atoms with van der Waals surface area (Å²) in [6, 6.07) is 6.67. The standard InChI is InChI=1S/C24H32N4O5S/c1-13(15-6-8-16(9-7-15)19-14(2)26-12-34-19)27-21(30)18-10-17(29)11-28(18)22(31)20(24(3,4)5)33-23(25)32/h6-9,12-13,17-18,20,29H,10-11H2,1-5H3,(H2,25,32)(H,27,30)/t13-,17-,18-,20?/m0/s1. The molecule has 9 nitrogen and oxygen atoms in total. The van der Waals surface area contributed by atoms with Gasteiger partial charge < -0.3 is 25.8 Å². The number of aliphatic hydroxyl groups excluding tert-OH is 1. The van der Waals surface area contributed by atoms with Crippen molar-refractivity contribution in [3.8, 4) is 10.4 Å². The minimum absolute atomic E-state index is 0.0249. The topological polar surface area (TPSA) is 135 Å². The molecule has 3 amide bonds. The predicted octanol–water partition coefficient (Wildman–Crippen LogP) is 2.77. The molecule has 0 saturated carbocycles. The van der Waals surface area contributed by atoms with Crippen molar-refractivity contribution >= 4 is 29.2 Å². The number of benzene rings is 1. The molecule has 2 aromatic rings. The maximum Gasteiger partial charge on any atom is 0.405 e. The van der Waals surface area contributed by atoms with E-state index in [0.29, 0.717) is 0 Å². The number of nitrogens with zero attached hydrogens (tertiary/aromatic N) is 2. The van der Waals surface area contributed by atoms with Gasteiger partial charge in [-0.2, -0.15) is 0 Å². The summed E-state index contributed by atoms with van der Waals surface area (Å²) in [5.74, 6) is -0.938. The second-order valence-electron chi connectivity index (χ2n) is 9.70. The van der Waals surface area contributed by atoms with Crippen LogP contribution in [0, 0.1) is 12.3 Å². The first-order valence-electron chi connectivity index (χ1n) is 11.1. The number of nitrogens with two attached hydrogens (primary N) is 1. The molecule has 1 fully saturated rings. The fourth-order valence-corrected chi connectivity index (χ4v) is 4.88. The molecular weight excluding hydrogens is 456 g/mol. The number of aryl methyl sites for hydroxylation is 1. The molecule has 0 spiro atoms. The van der Waals surface area contributed by atoms with Crippen LogP contribution in [0.2, 0.25) is 0 Å². The van der Waals surface area contributed by atoms with E-state index in [2.05, 4.69) is 10.3 Å². The highest BCUT2D eigenvalue weighted by molar-refractivity contribution is 7.13. The summed E-state index contributed by atoms with van der Waals surface area (Å²) >= 11 is 1.57. The van der Waals surface area contributed by atoms with Crippen molar-refractivity contribution in [1.29, 1.82) is 0 Å². The second-order valence-corrected chi connectivity index (χ2v) is 10.6. The summed E-state index contributed by atoms with van der Waals surface area (Å²) in [6.45, 7) is 9.00. The number of rotatable bonds is 6. The van der Waals surface area contributed by atoms with Crippen molar-refractivity contribution in [3.05, 3.63) is 41.0 Å². The number of carbonyl (C=O) groups excluding carboxylic acids is 3. The zero-order valence-electron chi connectivity index (χ0n) is 20.1. The van der Waals surface area contributed by atoms with Crippen LogP contribution in [0.4, 0.5) is 4.79 Å². The van der Waals surface area contributed by atoms with Crippen molar-refractivity contribution in [2.24, 2.45) is 11.1 Å². The molecule has 3 rings (SSSR count). The zero-order valence-corrected chi connectivity index (χ0v) is 20.9. The normalized spacial score (nSPS) is 20.0. The maximum atomic E-state index is 13.2. The summed E-state index contributed by atoms with van der Waals surface area (Å²) < 4.78 is 5.08. The molecule has 4 N–H and O–H groups in total. The molecule has 0 radical (unpaired) electrons. The molecule has 184 valence electrons. The third kappa shape index (κ3) is 5.74. The van der Waals surface area contributed by atoms with Gasteiger partial charge in [-0.3, -0.25) is 9.59 Å². The van der Waals surface area contributed by atoms with E-state index in [9.17, 15) is 19.5 Å². The molecule has 1 aromatic carbocycles. The number of carbonyl (C=O) groups is 3. The van der Waals surface area contributed by atoms with Gasteiger partial charge in [0.05, 0.1) is 28.2 Å². The van der Waals surface area contributed by atoms with Gasteiger partial charge in [-0.05, 0) is 25.0 Å². The van der Waals surface area contributed by atoms with Gasteiger partial charge in [-0.25, -0.2) is 9.78 Å². The van der Waals surface area contributed by atoms with Crippen LogP contribution in [0.15, 0.2) is 29.8 Å². The van der Waals surface area contributed by atoms with Gasteiger partial charge >= 0.3 is 6.09 Å². The first-order valence-corrected chi connectivity index (χ1v) is 12.0. The number of aliphatic hydroxyl groups is 1. The largest absolute Gasteiger partial charge is 0.436 e. The van der Waals surface area contributed by atoms with Crippen LogP contribution >= 0.6 is 11.3 Å². The summed E-state index contributed by atoms with van der Waals surface area (Å²) in [5, 5.41) is 13.2. The van der Waals surface area contributed by atoms with Crippen molar-refractivity contribution in [3.63, 3.8) is 0 Å². The van der Waals surface area contributed by atoms with Crippen LogP contribution in [0.1, 0.15) is 51.4 Å². The number of β-amino-alcohol motifs (C(OH)–C–C–N with tert-alkyl or cyclic N) is 1. The van der Waals surface area contributed by atoms with E-state index < -0.39 is 35.7 Å². The summed E-state index contributed by atoms with van der Waals surface area (Å²) in [4.78, 5) is 44.4. The molecule has 1 aromatic heterocycles. The van der Waals surface area contributed by atoms with E-state index in [1.54, 1.807) is 32.1 Å². The lowest BCUT2D eigenvalue weighted by molar-refractivity contribution is -0.150. The molecule has 1 aliphatic heterocycles. The Morgan fingerprint density at radius 1 is 1.26 bits per heavy atom. The van der Waals surface area contributed by atoms with Gasteiger partial charge in [0.25, 0.3) is 5.91 Å². The lowest BCUT2D eigenvalue weighted by atomic mass is 9.88. The number of nitrogens with one attached hydrogen (secondary N) is 1. The molecule has 10 heteroatoms. The number of hydrogen-bond acceptors (Lipinski definition) is 7. The lowest BCUT2D eigenvalue weighted by Crippen LogP contribution is -2.53. The van der Waals surface area contributed by atoms with Crippen LogP contribution in [-0.4, -0.2) is 57.7 Å². The van der Waals surface area contributed by atoms with Crippen molar-refractivity contribution in [2.45, 2.75) is 65.3 Å². The van der Waals surface area contributed by atoms with Gasteiger partial charge in [0, 0.05) is 18.4 Å². The van der Waals surface area contributed by atoms with Crippen LogP contribution in [0.3, 0.4) is 0 Å². The molecule has 34 heavy (non-hydrogen) atoms. The van der Waals surface area contributed by atoms with E-state index in [1.165, 1.54) is 4.90 Å². The van der Waals surface area contributed by atoms with Gasteiger partial charge in [0.2, 0.25) is 5.91 Å². The number of thiazole rings is 1. The van der Waals surface area contributed by atoms with Crippen LogP contribution in [0.5, 0.6) is 0 Å². The Bertz CT molecular complexity index is 1050. The predicted molar refractivity (Wildman–Crippen MR) is 129 cm³/mol. The fourth-order valence-electron chi connectivity index (χ4n) is 4.07. The first-order chi connectivity index (χ1) is 15.9. The highest BCUT2D eigenvalue weighted by atomic mass is 32.1. The monoisotopic (exact) mass is 488 g/mol. The number of aromatic nitrogens is 1. The van der Waals surface area contributed by atoms with Gasteiger partial charge in [0.1, 0.15) is 6.04 Å². The van der Waals surface area contributed by atoms with Gasteiger partial charge in [0.15, 0.2) is 6.10 Å². The quantitative estimate of drug-likeness (QED) is 0.572. The average Bonchev–Trinajstić information content (AvgIpc) is 3.36. The molecular formula is C24H32N4O5S. The molecule has 1 unspecified atom stereocenters. The zero-order chi connectivity index (χ0) is 25.2. The minimum Gasteiger partial charge on any atom is -0.436 e. The molecule has 0 bridgehead atoms. The van der Waals surface area contributed by atoms with Crippen LogP contribution < -0.4 is 11.1 Å². The van der Waals surface area contributed by atoms with Crippen molar-refractivity contribution < 1.29 is 24.2 Å². The highest BCUT2D eigenvalue weighted by Crippen LogP contribution is 2.30. The number of ether oxygens (including phenoxy) is 1. The fraction of sp³-hybridized carbons (Fsp3) is 0.500. The van der Waals surface area contributed by atoms with E-state index >= 15 is 0 Å². The van der Waals surface area contributed by atoms with Crippen molar-refractivity contribution in [1.82, 2.24) is 15.2 Å². The smallest absolute Gasteiger partial charge is 0.405 e. The Morgan fingerprint density at radius 2 is 1.91 bits per heavy atom. The molecule has 2 heterocycles. The first kappa shape index (κ1) is 25.6. The minimum atomic E-state index is -1.18. The van der Waals surface area contributed by atoms with E-state index in [0.717, 1.165) is 21.7 Å². The van der Waals surface area contributed by atoms with Crippen LogP contribution in [0.25, 0.3) is 10.4 Å². The number of hydrogen-bond donors (Lipinski definition) is 3. The second kappa shape index (κ2) is 10.1. The third-order valence-electron chi connectivity index (χ3n) is 5.89. The number of amides is 3. The lowest BCUT2D eigenvalue weighted by Gasteiger charge is -2.34. The Balaban J connectivity index is 1.72. The van der Waals surface area contributed by atoms with E-state index in [1.807, 2.05) is 43.6 Å². The summed E-state index contributed by atoms with van der Waals surface area (Å²) in [6.07, 6.45) is -3.00. The molecule has 1 aliphatic rings. The average molecular weight is 489 g/mol. The summed E-state index contributed by atoms with van der Waals surface area (Å²) in [7, 11) is 0. The van der Waals surface area contributed by atoms with E-state index in [-0.39, 0.29) is 24.9 Å². The van der Waals surface area contributed by atoms with E-state index in [4.69, 9.17) is 10.5 Å². The Morgan fingerprint density at radius 3 is 2.44 bits per heavy atom. The molecule has 0 aliphatic carbocycles.